The van der Waals surface area contributed by atoms with Crippen LogP contribution in [0.1, 0.15) is 21.5 Å². The van der Waals surface area contributed by atoms with Crippen molar-refractivity contribution in [2.75, 3.05) is 0 Å². The molecule has 3 nitrogen and oxygen atoms in total. The molecule has 0 aliphatic rings. The van der Waals surface area contributed by atoms with E-state index in [1.165, 1.54) is 17.6 Å². The zero-order valence-corrected chi connectivity index (χ0v) is 7.39. The topological polar surface area (TPSA) is 49.3 Å². The summed E-state index contributed by atoms with van der Waals surface area (Å²) in [7, 11) is 0. The van der Waals surface area contributed by atoms with Crippen LogP contribution in [0.15, 0.2) is 12.1 Å². The highest BCUT2D eigenvalue weighted by atomic mass is 19.1. The van der Waals surface area contributed by atoms with Crippen LogP contribution in [-0.4, -0.2) is 11.1 Å². The monoisotopic (exact) mass is 183 g/mol. The third-order valence-electron chi connectivity index (χ3n) is 1.80. The van der Waals surface area contributed by atoms with Gasteiger partial charge in [-0.25, -0.2) is 9.87 Å². The minimum Gasteiger partial charge on any atom is -0.288 e. The van der Waals surface area contributed by atoms with Crippen LogP contribution in [0.2, 0.25) is 0 Å². The molecule has 70 valence electrons. The SMILES string of the molecule is Cc1cc(C(=O)NO)cc(C)c1F. The maximum absolute atomic E-state index is 13.1. The summed E-state index contributed by atoms with van der Waals surface area (Å²) >= 11 is 0. The fourth-order valence-corrected chi connectivity index (χ4v) is 1.14. The van der Waals surface area contributed by atoms with Crippen LogP contribution >= 0.6 is 0 Å². The van der Waals surface area contributed by atoms with E-state index in [0.29, 0.717) is 11.1 Å². The van der Waals surface area contributed by atoms with Gasteiger partial charge < -0.3 is 0 Å². The number of carbonyl (C=O) groups is 1. The van der Waals surface area contributed by atoms with Gasteiger partial charge in [-0.2, -0.15) is 0 Å². The number of carbonyl (C=O) groups excluding carboxylic acids is 1. The summed E-state index contributed by atoms with van der Waals surface area (Å²) in [6, 6.07) is 2.77. The Morgan fingerprint density at radius 3 is 2.23 bits per heavy atom. The summed E-state index contributed by atoms with van der Waals surface area (Å²) in [6.07, 6.45) is 0. The van der Waals surface area contributed by atoms with Crippen molar-refractivity contribution in [1.82, 2.24) is 5.48 Å². The van der Waals surface area contributed by atoms with Crippen LogP contribution in [0.5, 0.6) is 0 Å². The van der Waals surface area contributed by atoms with Gasteiger partial charge in [0.05, 0.1) is 0 Å². The molecule has 0 radical (unpaired) electrons. The molecule has 0 aliphatic heterocycles. The maximum Gasteiger partial charge on any atom is 0.274 e. The van der Waals surface area contributed by atoms with Crippen LogP contribution in [-0.2, 0) is 0 Å². The van der Waals surface area contributed by atoms with E-state index in [9.17, 15) is 9.18 Å². The van der Waals surface area contributed by atoms with Gasteiger partial charge in [-0.1, -0.05) is 0 Å². The highest BCUT2D eigenvalue weighted by Gasteiger charge is 2.09. The quantitative estimate of drug-likeness (QED) is 0.512. The smallest absolute Gasteiger partial charge is 0.274 e. The molecular formula is C9H10FNO2. The summed E-state index contributed by atoms with van der Waals surface area (Å²) in [5.41, 5.74) is 2.52. The lowest BCUT2D eigenvalue weighted by Gasteiger charge is -2.04. The predicted molar refractivity (Wildman–Crippen MR) is 45.1 cm³/mol. The summed E-state index contributed by atoms with van der Waals surface area (Å²) in [6.45, 7) is 3.13. The number of rotatable bonds is 1. The first-order valence-electron chi connectivity index (χ1n) is 3.77. The largest absolute Gasteiger partial charge is 0.288 e. The average molecular weight is 183 g/mol. The summed E-state index contributed by atoms with van der Waals surface area (Å²) in [5.74, 6) is -0.958. The molecule has 0 fully saturated rings. The molecule has 0 saturated carbocycles. The van der Waals surface area contributed by atoms with E-state index in [1.807, 2.05) is 0 Å². The van der Waals surface area contributed by atoms with Crippen molar-refractivity contribution in [2.24, 2.45) is 0 Å². The second-order valence-electron chi connectivity index (χ2n) is 2.86. The second-order valence-corrected chi connectivity index (χ2v) is 2.86. The van der Waals surface area contributed by atoms with E-state index in [0.717, 1.165) is 0 Å². The fraction of sp³-hybridized carbons (Fsp3) is 0.222. The Kier molecular flexibility index (Phi) is 2.63. The highest BCUT2D eigenvalue weighted by Crippen LogP contribution is 2.14. The van der Waals surface area contributed by atoms with Gasteiger partial charge >= 0.3 is 0 Å². The molecule has 1 aromatic carbocycles. The molecule has 4 heteroatoms. The molecule has 0 aliphatic carbocycles. The first kappa shape index (κ1) is 9.67. The summed E-state index contributed by atoms with van der Waals surface area (Å²) < 4.78 is 13.1. The number of nitrogens with one attached hydrogen (secondary N) is 1. The van der Waals surface area contributed by atoms with Crippen molar-refractivity contribution in [2.45, 2.75) is 13.8 Å². The minimum absolute atomic E-state index is 0.249. The lowest BCUT2D eigenvalue weighted by atomic mass is 10.1. The van der Waals surface area contributed by atoms with E-state index in [4.69, 9.17) is 5.21 Å². The zero-order valence-electron chi connectivity index (χ0n) is 7.39. The van der Waals surface area contributed by atoms with E-state index < -0.39 is 5.91 Å². The third kappa shape index (κ3) is 1.84. The van der Waals surface area contributed by atoms with E-state index in [2.05, 4.69) is 0 Å². The van der Waals surface area contributed by atoms with Crippen LogP contribution in [0.4, 0.5) is 4.39 Å². The molecule has 0 heterocycles. The molecule has 0 spiro atoms. The first-order chi connectivity index (χ1) is 6.06. The van der Waals surface area contributed by atoms with Crippen molar-refractivity contribution in [3.63, 3.8) is 0 Å². The van der Waals surface area contributed by atoms with Gasteiger partial charge in [0.2, 0.25) is 0 Å². The van der Waals surface area contributed by atoms with Gasteiger partial charge in [-0.15, -0.1) is 0 Å². The average Bonchev–Trinajstić information content (AvgIpc) is 2.12. The summed E-state index contributed by atoms with van der Waals surface area (Å²) in [5, 5.41) is 8.35. The van der Waals surface area contributed by atoms with Crippen LogP contribution < -0.4 is 5.48 Å². The molecule has 0 aromatic heterocycles. The van der Waals surface area contributed by atoms with Gasteiger partial charge in [-0.05, 0) is 37.1 Å². The third-order valence-corrected chi connectivity index (χ3v) is 1.80. The Labute approximate surface area is 75.2 Å². The van der Waals surface area contributed by atoms with Crippen molar-refractivity contribution >= 4 is 5.91 Å². The molecule has 0 bridgehead atoms. The number of aryl methyl sites for hydroxylation is 2. The first-order valence-corrected chi connectivity index (χ1v) is 3.77. The number of hydroxylamine groups is 1. The van der Waals surface area contributed by atoms with Crippen LogP contribution in [0, 0.1) is 19.7 Å². The molecule has 1 amide bonds. The van der Waals surface area contributed by atoms with E-state index >= 15 is 0 Å². The van der Waals surface area contributed by atoms with Crippen molar-refractivity contribution in [3.8, 4) is 0 Å². The van der Waals surface area contributed by atoms with Gasteiger partial charge in [0.1, 0.15) is 5.82 Å². The minimum atomic E-state index is -0.633. The Morgan fingerprint density at radius 1 is 1.38 bits per heavy atom. The fourth-order valence-electron chi connectivity index (χ4n) is 1.14. The molecule has 0 atom stereocenters. The molecule has 1 aromatic rings. The zero-order chi connectivity index (χ0) is 10.0. The maximum atomic E-state index is 13.1. The number of hydrogen-bond acceptors (Lipinski definition) is 2. The molecule has 1 rings (SSSR count). The van der Waals surface area contributed by atoms with Gasteiger partial charge in [0.25, 0.3) is 5.91 Å². The van der Waals surface area contributed by atoms with Crippen molar-refractivity contribution < 1.29 is 14.4 Å². The predicted octanol–water partition coefficient (Wildman–Crippen LogP) is 1.56. The Morgan fingerprint density at radius 2 is 1.85 bits per heavy atom. The molecular weight excluding hydrogens is 173 g/mol. The molecule has 0 saturated heterocycles. The van der Waals surface area contributed by atoms with E-state index in [1.54, 1.807) is 13.8 Å². The lowest BCUT2D eigenvalue weighted by Crippen LogP contribution is -2.19. The second kappa shape index (κ2) is 3.53. The number of halogens is 1. The molecule has 2 N–H and O–H groups in total. The Balaban J connectivity index is 3.20. The van der Waals surface area contributed by atoms with Gasteiger partial charge in [0.15, 0.2) is 0 Å². The number of amides is 1. The lowest BCUT2D eigenvalue weighted by molar-refractivity contribution is 0.0706. The Bertz CT molecular complexity index is 326. The van der Waals surface area contributed by atoms with Crippen molar-refractivity contribution in [1.29, 1.82) is 0 Å². The van der Waals surface area contributed by atoms with Crippen LogP contribution in [0.3, 0.4) is 0 Å². The van der Waals surface area contributed by atoms with Crippen molar-refractivity contribution in [3.05, 3.63) is 34.6 Å². The summed E-state index contributed by atoms with van der Waals surface area (Å²) in [4.78, 5) is 10.9. The highest BCUT2D eigenvalue weighted by molar-refractivity contribution is 5.93. The normalized spacial score (nSPS) is 9.85. The standard InChI is InChI=1S/C9H10FNO2/c1-5-3-7(9(12)11-13)4-6(2)8(5)10/h3-4,13H,1-2H3,(H,11,12). The van der Waals surface area contributed by atoms with E-state index in [-0.39, 0.29) is 11.4 Å². The molecule has 13 heavy (non-hydrogen) atoms. The van der Waals surface area contributed by atoms with Gasteiger partial charge in [-0.3, -0.25) is 10.0 Å². The Hall–Kier alpha value is -1.42. The molecule has 0 unspecified atom stereocenters. The number of hydrogen-bond donors (Lipinski definition) is 2. The van der Waals surface area contributed by atoms with Gasteiger partial charge in [0, 0.05) is 5.56 Å². The van der Waals surface area contributed by atoms with Crippen LogP contribution in [0.25, 0.3) is 0 Å². The number of benzene rings is 1.